The van der Waals surface area contributed by atoms with Gasteiger partial charge in [0.25, 0.3) is 0 Å². The van der Waals surface area contributed by atoms with Crippen molar-refractivity contribution in [2.45, 2.75) is 44.3 Å². The molecule has 0 heterocycles. The van der Waals surface area contributed by atoms with Crippen molar-refractivity contribution in [2.75, 3.05) is 0 Å². The topological polar surface area (TPSA) is 66.9 Å². The number of rotatable bonds is 10. The van der Waals surface area contributed by atoms with Crippen LogP contribution in [0.1, 0.15) is 42.4 Å². The fraction of sp³-hybridized carbons (Fsp3) is 0.333. The first-order valence-electron chi connectivity index (χ1n) is 8.74. The molecular weight excluding hydrogens is 408 g/mol. The van der Waals surface area contributed by atoms with Gasteiger partial charge in [0.05, 0.1) is 0 Å². The molecule has 0 saturated carbocycles. The fourth-order valence-electron chi connectivity index (χ4n) is 2.80. The smallest absolute Gasteiger partial charge is 0.151 e. The van der Waals surface area contributed by atoms with Gasteiger partial charge in [-0.15, -0.1) is 17.0 Å². The molecule has 0 atom stereocenters. The summed E-state index contributed by atoms with van der Waals surface area (Å²) >= 11 is 1.30. The summed E-state index contributed by atoms with van der Waals surface area (Å²) in [5.41, 5.74) is 8.93. The van der Waals surface area contributed by atoms with Crippen molar-refractivity contribution in [3.05, 3.63) is 71.3 Å². The number of thioether (sulfide) groups is 1. The van der Waals surface area contributed by atoms with Crippen LogP contribution < -0.4 is 5.73 Å². The number of carbonyl (C=O) groups excluding carboxylic acids is 1. The van der Waals surface area contributed by atoms with Gasteiger partial charge in [-0.05, 0) is 36.0 Å². The van der Waals surface area contributed by atoms with E-state index in [9.17, 15) is 4.79 Å². The zero-order valence-electron chi connectivity index (χ0n) is 14.9. The number of aryl methyl sites for hydroxylation is 1. The van der Waals surface area contributed by atoms with E-state index >= 15 is 0 Å². The second-order valence-electron chi connectivity index (χ2n) is 6.18. The third kappa shape index (κ3) is 8.68. The number of nitrogens with one attached hydrogen (secondary N) is 1. The van der Waals surface area contributed by atoms with E-state index in [4.69, 9.17) is 11.1 Å². The first-order chi connectivity index (χ1) is 12.1. The van der Waals surface area contributed by atoms with Gasteiger partial charge in [-0.25, -0.2) is 0 Å². The predicted molar refractivity (Wildman–Crippen MR) is 117 cm³/mol. The molecule has 0 bridgehead atoms. The van der Waals surface area contributed by atoms with Gasteiger partial charge in [-0.3, -0.25) is 10.2 Å². The Morgan fingerprint density at radius 2 is 1.58 bits per heavy atom. The number of unbranched alkanes of at least 4 members (excludes halogenated alkanes) is 2. The number of hydrogen-bond acceptors (Lipinski definition) is 3. The minimum absolute atomic E-state index is 0. The van der Waals surface area contributed by atoms with Crippen molar-refractivity contribution >= 4 is 39.7 Å². The van der Waals surface area contributed by atoms with Crippen LogP contribution in [0, 0.1) is 5.41 Å². The summed E-state index contributed by atoms with van der Waals surface area (Å²) in [4.78, 5) is 12.3. The first-order valence-corrected chi connectivity index (χ1v) is 9.73. The Morgan fingerprint density at radius 1 is 0.923 bits per heavy atom. The largest absolute Gasteiger partial charge is 0.379 e. The van der Waals surface area contributed by atoms with E-state index in [0.717, 1.165) is 36.8 Å². The molecule has 2 aromatic rings. The Kier molecular flexibility index (Phi) is 11.0. The van der Waals surface area contributed by atoms with Crippen LogP contribution in [0.4, 0.5) is 0 Å². The number of benzene rings is 2. The molecule has 5 heteroatoms. The number of ketones is 1. The second-order valence-corrected chi connectivity index (χ2v) is 7.20. The van der Waals surface area contributed by atoms with Gasteiger partial charge in [0, 0.05) is 18.6 Å². The summed E-state index contributed by atoms with van der Waals surface area (Å²) in [6.45, 7) is 0. The molecule has 26 heavy (non-hydrogen) atoms. The molecule has 0 aromatic heterocycles. The maximum Gasteiger partial charge on any atom is 0.151 e. The summed E-state index contributed by atoms with van der Waals surface area (Å²) in [5.74, 6) is 0.940. The molecular formula is C21H27BrN2OS. The number of Topliss-reactive ketones (excluding diaryl/α,β-unsaturated/α-hetero) is 1. The third-order valence-corrected chi connectivity index (χ3v) is 4.92. The Labute approximate surface area is 171 Å². The van der Waals surface area contributed by atoms with E-state index in [0.29, 0.717) is 24.4 Å². The zero-order valence-corrected chi connectivity index (χ0v) is 17.5. The molecule has 0 saturated heterocycles. The van der Waals surface area contributed by atoms with Crippen LogP contribution in [-0.2, 0) is 23.4 Å². The SMILES string of the molecule is Br.N=C(N)SCc1ccccc1CC(=O)CCCCCc1ccccc1. The molecule has 3 nitrogen and oxygen atoms in total. The summed E-state index contributed by atoms with van der Waals surface area (Å²) in [5, 5.41) is 7.43. The molecule has 0 aliphatic carbocycles. The maximum atomic E-state index is 12.3. The molecule has 0 fully saturated rings. The molecule has 0 unspecified atom stereocenters. The van der Waals surface area contributed by atoms with Crippen molar-refractivity contribution in [2.24, 2.45) is 5.73 Å². The molecule has 2 rings (SSSR count). The fourth-order valence-corrected chi connectivity index (χ4v) is 3.39. The second kappa shape index (κ2) is 12.7. The lowest BCUT2D eigenvalue weighted by atomic mass is 9.99. The van der Waals surface area contributed by atoms with E-state index in [1.807, 2.05) is 30.3 Å². The monoisotopic (exact) mass is 434 g/mol. The third-order valence-electron chi connectivity index (χ3n) is 4.15. The predicted octanol–water partition coefficient (Wildman–Crippen LogP) is 5.31. The van der Waals surface area contributed by atoms with Crippen molar-refractivity contribution < 1.29 is 4.79 Å². The Morgan fingerprint density at radius 3 is 2.27 bits per heavy atom. The van der Waals surface area contributed by atoms with E-state index in [1.165, 1.54) is 17.3 Å². The number of halogens is 1. The highest BCUT2D eigenvalue weighted by atomic mass is 79.9. The van der Waals surface area contributed by atoms with Gasteiger partial charge in [-0.1, -0.05) is 72.8 Å². The lowest BCUT2D eigenvalue weighted by molar-refractivity contribution is -0.118. The highest BCUT2D eigenvalue weighted by Crippen LogP contribution is 2.18. The van der Waals surface area contributed by atoms with Crippen LogP contribution in [0.25, 0.3) is 0 Å². The molecule has 0 aliphatic rings. The molecule has 2 aromatic carbocycles. The normalized spacial score (nSPS) is 10.2. The van der Waals surface area contributed by atoms with Crippen LogP contribution in [-0.4, -0.2) is 11.0 Å². The first kappa shape index (κ1) is 22.5. The average molecular weight is 435 g/mol. The van der Waals surface area contributed by atoms with Crippen LogP contribution in [0.15, 0.2) is 54.6 Å². The minimum Gasteiger partial charge on any atom is -0.379 e. The van der Waals surface area contributed by atoms with Crippen LogP contribution in [0.3, 0.4) is 0 Å². The summed E-state index contributed by atoms with van der Waals surface area (Å²) in [7, 11) is 0. The van der Waals surface area contributed by atoms with E-state index in [-0.39, 0.29) is 22.1 Å². The summed E-state index contributed by atoms with van der Waals surface area (Å²) in [6, 6.07) is 18.4. The van der Waals surface area contributed by atoms with Gasteiger partial charge in [0.1, 0.15) is 5.78 Å². The zero-order chi connectivity index (χ0) is 17.9. The molecule has 0 amide bonds. The number of hydrogen-bond donors (Lipinski definition) is 2. The Bertz CT molecular complexity index is 691. The van der Waals surface area contributed by atoms with E-state index < -0.39 is 0 Å². The highest BCUT2D eigenvalue weighted by Gasteiger charge is 2.08. The highest BCUT2D eigenvalue weighted by molar-refractivity contribution is 8.93. The lowest BCUT2D eigenvalue weighted by Crippen LogP contribution is -2.07. The summed E-state index contributed by atoms with van der Waals surface area (Å²) < 4.78 is 0. The standard InChI is InChI=1S/C21H26N2OS.BrH/c22-21(23)25-16-19-13-8-7-12-18(19)15-20(24)14-6-2-5-11-17-9-3-1-4-10-17;/h1,3-4,7-10,12-13H,2,5-6,11,14-16H2,(H3,22,23);1H. The van der Waals surface area contributed by atoms with E-state index in [1.54, 1.807) is 0 Å². The quantitative estimate of drug-likeness (QED) is 0.302. The molecule has 140 valence electrons. The molecule has 3 N–H and O–H groups in total. The number of amidine groups is 1. The van der Waals surface area contributed by atoms with Crippen molar-refractivity contribution in [3.63, 3.8) is 0 Å². The van der Waals surface area contributed by atoms with Crippen LogP contribution in [0.5, 0.6) is 0 Å². The number of carbonyl (C=O) groups is 1. The van der Waals surface area contributed by atoms with Gasteiger partial charge in [0.15, 0.2) is 5.17 Å². The van der Waals surface area contributed by atoms with Crippen molar-refractivity contribution in [1.82, 2.24) is 0 Å². The maximum absolute atomic E-state index is 12.3. The van der Waals surface area contributed by atoms with E-state index in [2.05, 4.69) is 24.3 Å². The number of nitrogens with two attached hydrogens (primary N) is 1. The Hall–Kier alpha value is -1.59. The lowest BCUT2D eigenvalue weighted by Gasteiger charge is -2.08. The Balaban J connectivity index is 0.00000338. The van der Waals surface area contributed by atoms with Crippen LogP contribution >= 0.6 is 28.7 Å². The molecule has 0 spiro atoms. The van der Waals surface area contributed by atoms with Gasteiger partial charge in [0.2, 0.25) is 0 Å². The van der Waals surface area contributed by atoms with Gasteiger partial charge < -0.3 is 5.73 Å². The molecule has 0 aliphatic heterocycles. The van der Waals surface area contributed by atoms with Crippen molar-refractivity contribution in [1.29, 1.82) is 5.41 Å². The summed E-state index contributed by atoms with van der Waals surface area (Å²) in [6.07, 6.45) is 5.37. The molecule has 0 radical (unpaired) electrons. The van der Waals surface area contributed by atoms with Crippen molar-refractivity contribution in [3.8, 4) is 0 Å². The average Bonchev–Trinajstić information content (AvgIpc) is 2.61. The minimum atomic E-state index is 0. The van der Waals surface area contributed by atoms with Gasteiger partial charge in [-0.2, -0.15) is 0 Å². The van der Waals surface area contributed by atoms with Crippen LogP contribution in [0.2, 0.25) is 0 Å². The van der Waals surface area contributed by atoms with Gasteiger partial charge >= 0.3 is 0 Å².